The monoisotopic (exact) mass is 685 g/mol. The molecule has 0 unspecified atom stereocenters. The van der Waals surface area contributed by atoms with Crippen LogP contribution in [0.5, 0.6) is 0 Å². The molecule has 4 nitrogen and oxygen atoms in total. The second-order valence-electron chi connectivity index (χ2n) is 8.42. The number of rotatable bonds is 3. The molecule has 0 aliphatic heterocycles. The maximum atomic E-state index is 4.29. The van der Waals surface area contributed by atoms with Crippen LogP contribution in [0.2, 0.25) is 0 Å². The van der Waals surface area contributed by atoms with Crippen molar-refractivity contribution in [1.29, 1.82) is 0 Å². The maximum Gasteiger partial charge on any atom is 0.0888 e. The van der Waals surface area contributed by atoms with Gasteiger partial charge in [-0.25, -0.2) is 0 Å². The van der Waals surface area contributed by atoms with E-state index in [2.05, 4.69) is 45.9 Å². The Hall–Kier alpha value is -4.31. The molecule has 0 saturated carbocycles. The van der Waals surface area contributed by atoms with Crippen molar-refractivity contribution in [1.82, 2.24) is 19.9 Å². The van der Waals surface area contributed by atoms with Crippen molar-refractivity contribution in [2.24, 2.45) is 0 Å². The number of pyridine rings is 4. The molecule has 0 N–H and O–H groups in total. The molecule has 4 aromatic heterocycles. The van der Waals surface area contributed by atoms with Gasteiger partial charge in [-0.05, 0) is 72.8 Å². The fraction of sp³-hybridized carbons (Fsp3) is 0.0588. The summed E-state index contributed by atoms with van der Waals surface area (Å²) in [6.07, 6.45) is 7.20. The number of nitrogens with zero attached hydrogens (tertiary/aromatic N) is 4. The topological polar surface area (TPSA) is 51.6 Å². The number of aromatic nitrogens is 4. The number of hydrogen-bond acceptors (Lipinski definition) is 4. The van der Waals surface area contributed by atoms with Gasteiger partial charge in [0.15, 0.2) is 0 Å². The van der Waals surface area contributed by atoms with E-state index in [9.17, 15) is 0 Å². The maximum absolute atomic E-state index is 4.29. The number of aryl methyl sites for hydroxylation is 2. The van der Waals surface area contributed by atoms with Gasteiger partial charge < -0.3 is 9.97 Å². The van der Waals surface area contributed by atoms with Crippen molar-refractivity contribution >= 4 is 0 Å². The van der Waals surface area contributed by atoms with Gasteiger partial charge in [-0.1, -0.05) is 24.3 Å². The van der Waals surface area contributed by atoms with Crippen molar-refractivity contribution in [2.75, 3.05) is 0 Å². The van der Waals surface area contributed by atoms with Crippen LogP contribution >= 0.6 is 0 Å². The Kier molecular flexibility index (Phi) is 11.9. The van der Waals surface area contributed by atoms with E-state index in [1.54, 1.807) is 12.4 Å². The molecule has 0 spiro atoms. The molecule has 6 rings (SSSR count). The van der Waals surface area contributed by atoms with E-state index < -0.39 is 0 Å². The minimum Gasteiger partial charge on any atom is -0.305 e. The molecule has 39 heavy (non-hydrogen) atoms. The number of benzene rings is 2. The minimum atomic E-state index is 0. The summed E-state index contributed by atoms with van der Waals surface area (Å²) in [6.45, 7) is 4.11. The normalized spacial score (nSPS) is 9.59. The van der Waals surface area contributed by atoms with Crippen LogP contribution in [-0.2, 0) is 20.1 Å². The van der Waals surface area contributed by atoms with Crippen molar-refractivity contribution in [3.63, 3.8) is 0 Å². The second-order valence-corrected chi connectivity index (χ2v) is 8.42. The van der Waals surface area contributed by atoms with E-state index in [-0.39, 0.29) is 20.1 Å². The fourth-order valence-electron chi connectivity index (χ4n) is 3.50. The molecule has 0 fully saturated rings. The zero-order valence-corrected chi connectivity index (χ0v) is 24.2. The Bertz CT molecular complexity index is 1320. The van der Waals surface area contributed by atoms with Crippen molar-refractivity contribution < 1.29 is 20.1 Å². The third-order valence-corrected chi connectivity index (χ3v) is 5.39. The second kappa shape index (κ2) is 15.8. The van der Waals surface area contributed by atoms with Crippen LogP contribution in [0.1, 0.15) is 11.1 Å². The minimum absolute atomic E-state index is 0. The van der Waals surface area contributed by atoms with Crippen LogP contribution in [-0.4, -0.2) is 19.9 Å². The Morgan fingerprint density at radius 1 is 0.436 bits per heavy atom. The largest absolute Gasteiger partial charge is 0.305 e. The summed E-state index contributed by atoms with van der Waals surface area (Å²) in [5.41, 5.74) is 8.31. The summed E-state index contributed by atoms with van der Waals surface area (Å²) in [5.74, 6) is 0. The van der Waals surface area contributed by atoms with Gasteiger partial charge in [-0.3, -0.25) is 9.97 Å². The van der Waals surface area contributed by atoms with E-state index in [1.807, 2.05) is 122 Å². The molecular formula is C34H28IrN4-2. The molecule has 0 aliphatic carbocycles. The molecule has 0 atom stereocenters. The van der Waals surface area contributed by atoms with Gasteiger partial charge in [0.2, 0.25) is 0 Å². The van der Waals surface area contributed by atoms with Gasteiger partial charge in [-0.2, -0.15) is 0 Å². The van der Waals surface area contributed by atoms with Crippen LogP contribution in [0.25, 0.3) is 33.9 Å². The van der Waals surface area contributed by atoms with Gasteiger partial charge in [0.25, 0.3) is 0 Å². The molecule has 0 saturated heterocycles. The molecule has 5 heteroatoms. The Morgan fingerprint density at radius 2 is 0.846 bits per heavy atom. The first-order valence-electron chi connectivity index (χ1n) is 12.3. The Morgan fingerprint density at radius 3 is 1.18 bits per heavy atom. The third kappa shape index (κ3) is 9.50. The van der Waals surface area contributed by atoms with Crippen LogP contribution in [0.15, 0.2) is 134 Å². The summed E-state index contributed by atoms with van der Waals surface area (Å²) in [6, 6.07) is 41.7. The van der Waals surface area contributed by atoms with Crippen molar-refractivity contribution in [3.8, 4) is 33.9 Å². The van der Waals surface area contributed by atoms with E-state index in [0.717, 1.165) is 33.9 Å². The average molecular weight is 685 g/mol. The summed E-state index contributed by atoms with van der Waals surface area (Å²) >= 11 is 0. The number of hydrogen-bond donors (Lipinski definition) is 0. The van der Waals surface area contributed by atoms with Crippen molar-refractivity contribution in [3.05, 3.63) is 157 Å². The van der Waals surface area contributed by atoms with Gasteiger partial charge in [0.05, 0.1) is 11.4 Å². The standard InChI is InChI=1S/C12H12N2.2C11H8N.Ir/c1-9-3-5-13-11(7-9)12-8-10(2)4-6-14-12;2*1-2-6-10(7-3-1)11-8-4-5-9-12-11;/h3-8H,1-2H3;2*1-6,8-9H;/q;2*-1;. The van der Waals surface area contributed by atoms with Gasteiger partial charge in [0, 0.05) is 44.9 Å². The zero-order valence-electron chi connectivity index (χ0n) is 21.8. The van der Waals surface area contributed by atoms with E-state index in [0.29, 0.717) is 0 Å². The molecule has 6 aromatic rings. The average Bonchev–Trinajstić information content (AvgIpc) is 3.00. The predicted octanol–water partition coefficient (Wildman–Crippen LogP) is 7.86. The molecule has 2 aromatic carbocycles. The van der Waals surface area contributed by atoms with Gasteiger partial charge >= 0.3 is 0 Å². The SMILES string of the molecule is Cc1ccnc(-c2cc(C)ccn2)c1.[Ir].[c-]1ccccc1-c1ccccn1.[c-]1ccccc1-c1ccccn1. The van der Waals surface area contributed by atoms with Gasteiger partial charge in [0.1, 0.15) is 0 Å². The predicted molar refractivity (Wildman–Crippen MR) is 154 cm³/mol. The van der Waals surface area contributed by atoms with Crippen LogP contribution in [0.3, 0.4) is 0 Å². The molecule has 1 radical (unpaired) electrons. The molecule has 4 heterocycles. The molecule has 0 amide bonds. The summed E-state index contributed by atoms with van der Waals surface area (Å²) in [7, 11) is 0. The first kappa shape index (κ1) is 29.2. The molecular weight excluding hydrogens is 657 g/mol. The smallest absolute Gasteiger partial charge is 0.0888 e. The Labute approximate surface area is 244 Å². The summed E-state index contributed by atoms with van der Waals surface area (Å²) < 4.78 is 0. The zero-order chi connectivity index (χ0) is 26.4. The van der Waals surface area contributed by atoms with Gasteiger partial charge in [-0.15, -0.1) is 71.8 Å². The Balaban J connectivity index is 0.000000160. The van der Waals surface area contributed by atoms with Crippen LogP contribution in [0.4, 0.5) is 0 Å². The molecule has 0 bridgehead atoms. The van der Waals surface area contributed by atoms with E-state index in [1.165, 1.54) is 11.1 Å². The summed E-state index contributed by atoms with van der Waals surface area (Å²) in [5, 5.41) is 0. The first-order valence-corrected chi connectivity index (χ1v) is 12.3. The fourth-order valence-corrected chi connectivity index (χ4v) is 3.50. The summed E-state index contributed by atoms with van der Waals surface area (Å²) in [4.78, 5) is 17.0. The van der Waals surface area contributed by atoms with Crippen LogP contribution in [0, 0.1) is 26.0 Å². The van der Waals surface area contributed by atoms with E-state index in [4.69, 9.17) is 0 Å². The first-order chi connectivity index (χ1) is 18.7. The van der Waals surface area contributed by atoms with Crippen molar-refractivity contribution in [2.45, 2.75) is 13.8 Å². The molecule has 0 aliphatic rings. The molecule has 195 valence electrons. The van der Waals surface area contributed by atoms with Crippen LogP contribution < -0.4 is 0 Å². The third-order valence-electron chi connectivity index (χ3n) is 5.39. The quantitative estimate of drug-likeness (QED) is 0.178. The van der Waals surface area contributed by atoms with E-state index >= 15 is 0 Å².